The van der Waals surface area contributed by atoms with Crippen molar-refractivity contribution in [2.45, 2.75) is 18.4 Å². The van der Waals surface area contributed by atoms with Crippen molar-refractivity contribution in [2.24, 2.45) is 5.73 Å². The number of pyridine rings is 1. The fraction of sp³-hybridized carbons (Fsp3) is 0.167. The molecule has 1 aromatic heterocycles. The number of rotatable bonds is 1. The van der Waals surface area contributed by atoms with Gasteiger partial charge < -0.3 is 5.73 Å². The van der Waals surface area contributed by atoms with E-state index in [1.807, 2.05) is 18.5 Å². The van der Waals surface area contributed by atoms with Crippen molar-refractivity contribution in [1.29, 1.82) is 0 Å². The molecule has 3 aromatic rings. The summed E-state index contributed by atoms with van der Waals surface area (Å²) in [5.74, 6) is 0. The minimum Gasteiger partial charge on any atom is -0.321 e. The van der Waals surface area contributed by atoms with E-state index >= 15 is 0 Å². The Morgan fingerprint density at radius 1 is 0.900 bits per heavy atom. The summed E-state index contributed by atoms with van der Waals surface area (Å²) in [4.78, 5) is 4.27. The second kappa shape index (κ2) is 4.15. The van der Waals surface area contributed by atoms with E-state index in [4.69, 9.17) is 5.73 Å². The molecule has 2 heteroatoms. The molecule has 0 atom stereocenters. The van der Waals surface area contributed by atoms with E-state index in [0.29, 0.717) is 0 Å². The highest BCUT2D eigenvalue weighted by Gasteiger charge is 2.35. The summed E-state index contributed by atoms with van der Waals surface area (Å²) in [7, 11) is 0. The van der Waals surface area contributed by atoms with Gasteiger partial charge in [0.25, 0.3) is 0 Å². The number of nitrogens with zero attached hydrogens (tertiary/aromatic N) is 1. The molecule has 0 saturated carbocycles. The molecule has 2 aromatic carbocycles. The second-order valence-electron chi connectivity index (χ2n) is 5.68. The van der Waals surface area contributed by atoms with Crippen molar-refractivity contribution in [3.05, 3.63) is 77.6 Å². The average Bonchev–Trinajstić information content (AvgIpc) is 2.84. The van der Waals surface area contributed by atoms with Gasteiger partial charge in [0.15, 0.2) is 0 Å². The van der Waals surface area contributed by atoms with Gasteiger partial charge >= 0.3 is 0 Å². The molecule has 0 radical (unpaired) electrons. The van der Waals surface area contributed by atoms with E-state index in [1.165, 1.54) is 27.5 Å². The monoisotopic (exact) mass is 260 g/mol. The molecule has 0 amide bonds. The van der Waals surface area contributed by atoms with E-state index in [-0.39, 0.29) is 5.54 Å². The molecule has 1 aliphatic rings. The maximum atomic E-state index is 6.77. The molecule has 1 heterocycles. The van der Waals surface area contributed by atoms with Gasteiger partial charge in [0.05, 0.1) is 0 Å². The highest BCUT2D eigenvalue weighted by molar-refractivity contribution is 5.86. The molecule has 20 heavy (non-hydrogen) atoms. The van der Waals surface area contributed by atoms with Crippen LogP contribution in [0.5, 0.6) is 0 Å². The summed E-state index contributed by atoms with van der Waals surface area (Å²) >= 11 is 0. The van der Waals surface area contributed by atoms with Crippen molar-refractivity contribution in [2.75, 3.05) is 0 Å². The highest BCUT2D eigenvalue weighted by atomic mass is 14.8. The van der Waals surface area contributed by atoms with Crippen molar-refractivity contribution in [1.82, 2.24) is 4.98 Å². The third-order valence-corrected chi connectivity index (χ3v) is 4.35. The molecule has 0 bridgehead atoms. The smallest absolute Gasteiger partial charge is 0.0498 e. The Hall–Kier alpha value is -2.19. The van der Waals surface area contributed by atoms with E-state index in [0.717, 1.165) is 12.8 Å². The molecule has 2 N–H and O–H groups in total. The van der Waals surface area contributed by atoms with Crippen LogP contribution in [0, 0.1) is 0 Å². The Morgan fingerprint density at radius 3 is 2.40 bits per heavy atom. The van der Waals surface area contributed by atoms with Crippen molar-refractivity contribution < 1.29 is 0 Å². The zero-order valence-corrected chi connectivity index (χ0v) is 11.2. The minimum absolute atomic E-state index is 0.313. The van der Waals surface area contributed by atoms with Crippen LogP contribution in [0.1, 0.15) is 16.7 Å². The Balaban J connectivity index is 1.89. The van der Waals surface area contributed by atoms with Crippen LogP contribution in [0.15, 0.2) is 60.9 Å². The standard InChI is InChI=1S/C18H16N2/c19-18(10-14-4-1-2-5-15(14)11-18)17-7-3-6-13-8-9-20-12-16(13)17/h1-9,12H,10-11,19H2. The van der Waals surface area contributed by atoms with Crippen LogP contribution in [0.2, 0.25) is 0 Å². The molecule has 0 aliphatic heterocycles. The minimum atomic E-state index is -0.313. The SMILES string of the molecule is NC1(c2cccc3ccncc23)Cc2ccccc2C1. The molecule has 0 unspecified atom stereocenters. The number of fused-ring (bicyclic) bond motifs is 2. The summed E-state index contributed by atoms with van der Waals surface area (Å²) in [5, 5.41) is 2.38. The van der Waals surface area contributed by atoms with Crippen molar-refractivity contribution >= 4 is 10.8 Å². The van der Waals surface area contributed by atoms with Crippen LogP contribution in [-0.4, -0.2) is 4.98 Å². The van der Waals surface area contributed by atoms with Gasteiger partial charge in [-0.1, -0.05) is 42.5 Å². The molecule has 1 aliphatic carbocycles. The quantitative estimate of drug-likeness (QED) is 0.730. The summed E-state index contributed by atoms with van der Waals surface area (Å²) < 4.78 is 0. The zero-order valence-electron chi connectivity index (χ0n) is 11.2. The predicted molar refractivity (Wildman–Crippen MR) is 81.5 cm³/mol. The first kappa shape index (κ1) is 11.6. The molecule has 0 saturated heterocycles. The number of hydrogen-bond donors (Lipinski definition) is 1. The van der Waals surface area contributed by atoms with Crippen LogP contribution >= 0.6 is 0 Å². The van der Waals surface area contributed by atoms with Crippen LogP contribution in [0.4, 0.5) is 0 Å². The van der Waals surface area contributed by atoms with Crippen LogP contribution in [0.25, 0.3) is 10.8 Å². The molecular formula is C18H16N2. The van der Waals surface area contributed by atoms with Gasteiger partial charge in [0, 0.05) is 23.3 Å². The molecule has 4 rings (SSSR count). The van der Waals surface area contributed by atoms with E-state index in [9.17, 15) is 0 Å². The van der Waals surface area contributed by atoms with E-state index in [1.54, 1.807) is 0 Å². The summed E-state index contributed by atoms with van der Waals surface area (Å²) in [6.07, 6.45) is 5.56. The Labute approximate surface area is 118 Å². The largest absolute Gasteiger partial charge is 0.321 e. The predicted octanol–water partition coefficient (Wildman–Crippen LogP) is 3.19. The number of nitrogens with two attached hydrogens (primary N) is 1. The molecule has 0 fully saturated rings. The van der Waals surface area contributed by atoms with Gasteiger partial charge in [-0.15, -0.1) is 0 Å². The van der Waals surface area contributed by atoms with Gasteiger partial charge in [-0.25, -0.2) is 0 Å². The first-order chi connectivity index (χ1) is 9.76. The maximum Gasteiger partial charge on any atom is 0.0498 e. The van der Waals surface area contributed by atoms with Crippen LogP contribution in [0.3, 0.4) is 0 Å². The molecule has 98 valence electrons. The second-order valence-corrected chi connectivity index (χ2v) is 5.68. The Bertz CT molecular complexity index is 762. The topological polar surface area (TPSA) is 38.9 Å². The first-order valence-electron chi connectivity index (χ1n) is 6.95. The summed E-state index contributed by atoms with van der Waals surface area (Å²) in [6.45, 7) is 0. The Morgan fingerprint density at radius 2 is 1.65 bits per heavy atom. The van der Waals surface area contributed by atoms with Gasteiger partial charge in [-0.05, 0) is 41.0 Å². The van der Waals surface area contributed by atoms with Gasteiger partial charge in [0.2, 0.25) is 0 Å². The number of benzene rings is 2. The number of aromatic nitrogens is 1. The normalized spacial score (nSPS) is 16.2. The fourth-order valence-corrected chi connectivity index (χ4v) is 3.38. The molecular weight excluding hydrogens is 244 g/mol. The average molecular weight is 260 g/mol. The third kappa shape index (κ3) is 1.65. The van der Waals surface area contributed by atoms with Crippen LogP contribution in [-0.2, 0) is 18.4 Å². The third-order valence-electron chi connectivity index (χ3n) is 4.35. The molecule has 2 nitrogen and oxygen atoms in total. The first-order valence-corrected chi connectivity index (χ1v) is 6.95. The maximum absolute atomic E-state index is 6.77. The zero-order chi connectivity index (χ0) is 13.6. The highest BCUT2D eigenvalue weighted by Crippen LogP contribution is 2.38. The summed E-state index contributed by atoms with van der Waals surface area (Å²) in [5.41, 5.74) is 10.4. The van der Waals surface area contributed by atoms with E-state index < -0.39 is 0 Å². The Kier molecular flexibility index (Phi) is 2.41. The lowest BCUT2D eigenvalue weighted by atomic mass is 9.85. The lowest BCUT2D eigenvalue weighted by Gasteiger charge is -2.26. The van der Waals surface area contributed by atoms with Gasteiger partial charge in [-0.2, -0.15) is 0 Å². The van der Waals surface area contributed by atoms with Gasteiger partial charge in [-0.3, -0.25) is 4.98 Å². The van der Waals surface area contributed by atoms with E-state index in [2.05, 4.69) is 47.4 Å². The van der Waals surface area contributed by atoms with Crippen molar-refractivity contribution in [3.63, 3.8) is 0 Å². The lowest BCUT2D eigenvalue weighted by Crippen LogP contribution is -2.37. The lowest BCUT2D eigenvalue weighted by molar-refractivity contribution is 0.477. The van der Waals surface area contributed by atoms with Crippen LogP contribution < -0.4 is 5.73 Å². The number of hydrogen-bond acceptors (Lipinski definition) is 2. The molecule has 0 spiro atoms. The van der Waals surface area contributed by atoms with Crippen molar-refractivity contribution in [3.8, 4) is 0 Å². The summed E-state index contributed by atoms with van der Waals surface area (Å²) in [6, 6.07) is 17.0. The van der Waals surface area contributed by atoms with Gasteiger partial charge in [0.1, 0.15) is 0 Å². The fourth-order valence-electron chi connectivity index (χ4n) is 3.38.